The minimum Gasteiger partial charge on any atom is -0.508 e. The molecule has 0 saturated heterocycles. The van der Waals surface area contributed by atoms with Crippen LogP contribution in [0.15, 0.2) is 12.1 Å². The van der Waals surface area contributed by atoms with E-state index in [1.165, 1.54) is 11.1 Å². The lowest BCUT2D eigenvalue weighted by Crippen LogP contribution is -2.24. The maximum absolute atomic E-state index is 10.3. The second kappa shape index (κ2) is 5.16. The fraction of sp³-hybridized carbons (Fsp3) is 0.647. The fourth-order valence-electron chi connectivity index (χ4n) is 2.66. The number of phenolic OH excluding ortho intramolecular Hbond substituents is 1. The Hall–Kier alpha value is -1.02. The first-order valence-corrected chi connectivity index (χ1v) is 6.95. The summed E-state index contributed by atoms with van der Waals surface area (Å²) in [4.78, 5) is 2.17. The molecular formula is C17H29NO. The molecule has 0 aromatic heterocycles. The Labute approximate surface area is 118 Å². The van der Waals surface area contributed by atoms with Gasteiger partial charge in [0.05, 0.1) is 0 Å². The van der Waals surface area contributed by atoms with Gasteiger partial charge in [-0.25, -0.2) is 0 Å². The molecule has 0 aliphatic rings. The Morgan fingerprint density at radius 3 is 1.84 bits per heavy atom. The summed E-state index contributed by atoms with van der Waals surface area (Å²) in [6.07, 6.45) is 0. The molecule has 0 fully saturated rings. The second-order valence-electron chi connectivity index (χ2n) is 7.72. The van der Waals surface area contributed by atoms with Gasteiger partial charge in [0.25, 0.3) is 0 Å². The average Bonchev–Trinajstić information content (AvgIpc) is 2.11. The molecule has 0 bridgehead atoms. The van der Waals surface area contributed by atoms with Crippen LogP contribution in [0.25, 0.3) is 0 Å². The molecule has 0 unspecified atom stereocenters. The third-order valence-corrected chi connectivity index (χ3v) is 3.32. The van der Waals surface area contributed by atoms with E-state index in [0.717, 1.165) is 12.1 Å². The highest BCUT2D eigenvalue weighted by Gasteiger charge is 2.28. The Morgan fingerprint density at radius 2 is 1.47 bits per heavy atom. The zero-order valence-electron chi connectivity index (χ0n) is 13.8. The van der Waals surface area contributed by atoms with Crippen LogP contribution in [0.5, 0.6) is 5.75 Å². The van der Waals surface area contributed by atoms with Crippen LogP contribution in [0.3, 0.4) is 0 Å². The van der Waals surface area contributed by atoms with E-state index in [0.29, 0.717) is 5.75 Å². The van der Waals surface area contributed by atoms with E-state index in [-0.39, 0.29) is 10.8 Å². The topological polar surface area (TPSA) is 23.5 Å². The van der Waals surface area contributed by atoms with E-state index in [1.807, 2.05) is 6.07 Å². The number of benzene rings is 1. The quantitative estimate of drug-likeness (QED) is 0.870. The molecule has 1 aromatic rings. The van der Waals surface area contributed by atoms with Crippen molar-refractivity contribution in [2.45, 2.75) is 58.9 Å². The number of phenols is 1. The van der Waals surface area contributed by atoms with Gasteiger partial charge in [0.1, 0.15) is 5.75 Å². The van der Waals surface area contributed by atoms with Crippen molar-refractivity contribution in [3.8, 4) is 5.75 Å². The maximum atomic E-state index is 10.3. The molecule has 0 spiro atoms. The summed E-state index contributed by atoms with van der Waals surface area (Å²) in [5, 5.41) is 10.3. The number of aromatic hydroxyl groups is 1. The van der Waals surface area contributed by atoms with Crippen LogP contribution in [0.1, 0.15) is 58.2 Å². The first-order chi connectivity index (χ1) is 8.44. The predicted octanol–water partition coefficient (Wildman–Crippen LogP) is 4.05. The van der Waals surface area contributed by atoms with Crippen LogP contribution in [-0.4, -0.2) is 24.1 Å². The molecule has 108 valence electrons. The van der Waals surface area contributed by atoms with Gasteiger partial charge in [0.2, 0.25) is 0 Å². The fourth-order valence-corrected chi connectivity index (χ4v) is 2.66. The highest BCUT2D eigenvalue weighted by Crippen LogP contribution is 2.39. The molecule has 0 radical (unpaired) electrons. The molecule has 1 aromatic carbocycles. The van der Waals surface area contributed by atoms with Crippen LogP contribution in [0, 0.1) is 0 Å². The normalized spacial score (nSPS) is 13.1. The van der Waals surface area contributed by atoms with Crippen molar-refractivity contribution in [2.24, 2.45) is 0 Å². The monoisotopic (exact) mass is 263 g/mol. The summed E-state index contributed by atoms with van der Waals surface area (Å²) in [6.45, 7) is 14.0. The highest BCUT2D eigenvalue weighted by molar-refractivity contribution is 5.50. The molecule has 0 atom stereocenters. The Morgan fingerprint density at radius 1 is 0.947 bits per heavy atom. The molecule has 0 saturated carbocycles. The number of rotatable bonds is 2. The standard InChI is InChI=1S/C17H29NO/c1-16(2,3)13-9-10-14(19)15(17(4,5)6)12(13)11-18(7)8/h9-10,19H,11H2,1-8H3. The first-order valence-electron chi connectivity index (χ1n) is 6.95. The summed E-state index contributed by atoms with van der Waals surface area (Å²) in [5.41, 5.74) is 3.69. The Kier molecular flexibility index (Phi) is 4.36. The van der Waals surface area contributed by atoms with E-state index in [2.05, 4.69) is 66.6 Å². The van der Waals surface area contributed by atoms with Gasteiger partial charge in [-0.15, -0.1) is 0 Å². The third-order valence-electron chi connectivity index (χ3n) is 3.32. The SMILES string of the molecule is CN(C)Cc1c(C(C)(C)C)ccc(O)c1C(C)(C)C. The van der Waals surface area contributed by atoms with Crippen LogP contribution in [0.2, 0.25) is 0 Å². The molecular weight excluding hydrogens is 234 g/mol. The second-order valence-corrected chi connectivity index (χ2v) is 7.72. The molecule has 1 N–H and O–H groups in total. The van der Waals surface area contributed by atoms with Crippen LogP contribution >= 0.6 is 0 Å². The summed E-state index contributed by atoms with van der Waals surface area (Å²) in [7, 11) is 4.14. The van der Waals surface area contributed by atoms with Crippen molar-refractivity contribution in [1.29, 1.82) is 0 Å². The zero-order chi connectivity index (χ0) is 15.0. The molecule has 1 rings (SSSR count). The molecule has 0 aliphatic carbocycles. The molecule has 2 heteroatoms. The number of nitrogens with zero attached hydrogens (tertiary/aromatic N) is 1. The minimum absolute atomic E-state index is 0.0588. The summed E-state index contributed by atoms with van der Waals surface area (Å²) >= 11 is 0. The van der Waals surface area contributed by atoms with Gasteiger partial charge in [0, 0.05) is 12.1 Å². The predicted molar refractivity (Wildman–Crippen MR) is 82.9 cm³/mol. The van der Waals surface area contributed by atoms with E-state index in [1.54, 1.807) is 0 Å². The van der Waals surface area contributed by atoms with Crippen LogP contribution in [-0.2, 0) is 17.4 Å². The van der Waals surface area contributed by atoms with Gasteiger partial charge < -0.3 is 10.0 Å². The Bertz CT molecular complexity index is 448. The maximum Gasteiger partial charge on any atom is 0.119 e. The van der Waals surface area contributed by atoms with Crippen molar-refractivity contribution in [2.75, 3.05) is 14.1 Å². The van der Waals surface area contributed by atoms with Crippen molar-refractivity contribution in [3.63, 3.8) is 0 Å². The van der Waals surface area contributed by atoms with E-state index in [9.17, 15) is 5.11 Å². The van der Waals surface area contributed by atoms with Gasteiger partial charge in [-0.05, 0) is 42.1 Å². The van der Waals surface area contributed by atoms with Gasteiger partial charge in [0.15, 0.2) is 0 Å². The first kappa shape index (κ1) is 16.0. The average molecular weight is 263 g/mol. The van der Waals surface area contributed by atoms with Gasteiger partial charge in [-0.3, -0.25) is 0 Å². The van der Waals surface area contributed by atoms with E-state index in [4.69, 9.17) is 0 Å². The van der Waals surface area contributed by atoms with Gasteiger partial charge in [-0.1, -0.05) is 47.6 Å². The molecule has 0 aliphatic heterocycles. The van der Waals surface area contributed by atoms with Crippen molar-refractivity contribution < 1.29 is 5.11 Å². The van der Waals surface area contributed by atoms with E-state index >= 15 is 0 Å². The summed E-state index contributed by atoms with van der Waals surface area (Å²) < 4.78 is 0. The number of hydrogen-bond acceptors (Lipinski definition) is 2. The lowest BCUT2D eigenvalue weighted by Gasteiger charge is -2.32. The molecule has 19 heavy (non-hydrogen) atoms. The lowest BCUT2D eigenvalue weighted by molar-refractivity contribution is 0.383. The third kappa shape index (κ3) is 3.73. The molecule has 2 nitrogen and oxygen atoms in total. The zero-order valence-corrected chi connectivity index (χ0v) is 13.8. The van der Waals surface area contributed by atoms with Crippen molar-refractivity contribution in [1.82, 2.24) is 4.90 Å². The lowest BCUT2D eigenvalue weighted by atomic mass is 9.75. The van der Waals surface area contributed by atoms with Gasteiger partial charge >= 0.3 is 0 Å². The Balaban J connectivity index is 3.60. The highest BCUT2D eigenvalue weighted by atomic mass is 16.3. The van der Waals surface area contributed by atoms with Crippen LogP contribution in [0.4, 0.5) is 0 Å². The molecule has 0 amide bonds. The van der Waals surface area contributed by atoms with E-state index < -0.39 is 0 Å². The molecule has 0 heterocycles. The van der Waals surface area contributed by atoms with Gasteiger partial charge in [-0.2, -0.15) is 0 Å². The smallest absolute Gasteiger partial charge is 0.119 e. The number of hydrogen-bond donors (Lipinski definition) is 1. The van der Waals surface area contributed by atoms with Crippen LogP contribution < -0.4 is 0 Å². The summed E-state index contributed by atoms with van der Waals surface area (Å²) in [5.74, 6) is 0.414. The summed E-state index contributed by atoms with van der Waals surface area (Å²) in [6, 6.07) is 3.92. The largest absolute Gasteiger partial charge is 0.508 e. The van der Waals surface area contributed by atoms with Crippen molar-refractivity contribution in [3.05, 3.63) is 28.8 Å². The van der Waals surface area contributed by atoms with Crippen molar-refractivity contribution >= 4 is 0 Å². The minimum atomic E-state index is -0.0588.